The van der Waals surface area contributed by atoms with Crippen LogP contribution >= 0.6 is 11.6 Å². The predicted octanol–water partition coefficient (Wildman–Crippen LogP) is 4.53. The second kappa shape index (κ2) is 7.84. The zero-order valence-corrected chi connectivity index (χ0v) is 17.6. The van der Waals surface area contributed by atoms with Crippen molar-refractivity contribution in [1.82, 2.24) is 10.3 Å². The Hall–Kier alpha value is -1.72. The number of benzene rings is 1. The summed E-state index contributed by atoms with van der Waals surface area (Å²) in [7, 11) is 0. The topological polar surface area (TPSA) is 62.2 Å². The molecule has 2 aliphatic carbocycles. The van der Waals surface area contributed by atoms with Gasteiger partial charge in [-0.05, 0) is 87.1 Å². The Morgan fingerprint density at radius 3 is 2.66 bits per heavy atom. The third-order valence-corrected chi connectivity index (χ3v) is 7.25. The van der Waals surface area contributed by atoms with Crippen LogP contribution < -0.4 is 5.32 Å². The van der Waals surface area contributed by atoms with Crippen LogP contribution in [0.15, 0.2) is 30.5 Å². The van der Waals surface area contributed by atoms with E-state index in [9.17, 15) is 14.3 Å². The minimum absolute atomic E-state index is 0.126. The zero-order chi connectivity index (χ0) is 20.8. The molecule has 6 heteroatoms. The van der Waals surface area contributed by atoms with Crippen LogP contribution in [0.2, 0.25) is 0 Å². The van der Waals surface area contributed by atoms with E-state index in [1.807, 2.05) is 19.9 Å². The minimum atomic E-state index is -0.938. The van der Waals surface area contributed by atoms with Crippen molar-refractivity contribution in [1.29, 1.82) is 0 Å². The van der Waals surface area contributed by atoms with Gasteiger partial charge >= 0.3 is 0 Å². The summed E-state index contributed by atoms with van der Waals surface area (Å²) in [4.78, 5) is 16.7. The van der Waals surface area contributed by atoms with E-state index in [2.05, 4.69) is 10.3 Å². The Bertz CT molecular complexity index is 905. The fourth-order valence-corrected chi connectivity index (χ4v) is 5.45. The zero-order valence-electron chi connectivity index (χ0n) is 16.9. The van der Waals surface area contributed by atoms with Crippen LogP contribution in [0.5, 0.6) is 0 Å². The van der Waals surface area contributed by atoms with E-state index in [1.165, 1.54) is 6.07 Å². The maximum atomic E-state index is 13.8. The van der Waals surface area contributed by atoms with Crippen molar-refractivity contribution in [3.8, 4) is 0 Å². The lowest BCUT2D eigenvalue weighted by Gasteiger charge is -2.26. The average Bonchev–Trinajstić information content (AvgIpc) is 3.15. The van der Waals surface area contributed by atoms with Crippen molar-refractivity contribution >= 4 is 28.4 Å². The lowest BCUT2D eigenvalue weighted by molar-refractivity contribution is -0.126. The van der Waals surface area contributed by atoms with Gasteiger partial charge in [-0.1, -0.05) is 0 Å². The molecule has 2 aliphatic rings. The second-order valence-electron chi connectivity index (χ2n) is 9.09. The van der Waals surface area contributed by atoms with Gasteiger partial charge in [-0.15, -0.1) is 11.6 Å². The number of alkyl halides is 1. The Kier molecular flexibility index (Phi) is 5.56. The van der Waals surface area contributed by atoms with Gasteiger partial charge in [0.1, 0.15) is 5.82 Å². The number of rotatable bonds is 5. The van der Waals surface area contributed by atoms with Gasteiger partial charge in [-0.3, -0.25) is 9.78 Å². The monoisotopic (exact) mass is 418 g/mol. The molecule has 156 valence electrons. The van der Waals surface area contributed by atoms with E-state index < -0.39 is 5.60 Å². The lowest BCUT2D eigenvalue weighted by atomic mass is 9.87. The number of aliphatic hydroxyl groups is 1. The standard InChI is InChI=1S/C23H28ClFN2O2/c1-13(24)14(2)27-22(28)12-23(29)10-16-7-15(8-17(16)11-23)19-5-6-26-21-4-3-18(25)9-20(19)21/h3-6,9,13-17,29H,7-8,10-12H2,1-2H3,(H,27,28)/t13-,14?,15?,16+,17?,23?/m0/s1. The third-order valence-electron chi connectivity index (χ3n) is 6.87. The molecule has 1 amide bonds. The molecular weight excluding hydrogens is 391 g/mol. The first-order valence-corrected chi connectivity index (χ1v) is 10.9. The lowest BCUT2D eigenvalue weighted by Crippen LogP contribution is -2.42. The molecule has 4 rings (SSSR count). The number of pyridine rings is 1. The number of halogens is 2. The normalized spacial score (nSPS) is 30.9. The Balaban J connectivity index is 1.43. The smallest absolute Gasteiger partial charge is 0.223 e. The molecule has 4 nitrogen and oxygen atoms in total. The molecule has 0 radical (unpaired) electrons. The predicted molar refractivity (Wildman–Crippen MR) is 112 cm³/mol. The molecule has 0 saturated heterocycles. The minimum Gasteiger partial charge on any atom is -0.389 e. The Morgan fingerprint density at radius 1 is 1.31 bits per heavy atom. The number of hydrogen-bond donors (Lipinski definition) is 2. The van der Waals surface area contributed by atoms with E-state index >= 15 is 0 Å². The average molecular weight is 419 g/mol. The summed E-state index contributed by atoms with van der Waals surface area (Å²) in [5, 5.41) is 14.6. The fraction of sp³-hybridized carbons (Fsp3) is 0.565. The highest BCUT2D eigenvalue weighted by Gasteiger charge is 2.49. The number of amides is 1. The highest BCUT2D eigenvalue weighted by molar-refractivity contribution is 6.20. The number of nitrogens with one attached hydrogen (secondary N) is 1. The van der Waals surface area contributed by atoms with Crippen molar-refractivity contribution in [2.45, 2.75) is 68.9 Å². The van der Waals surface area contributed by atoms with Crippen molar-refractivity contribution in [2.24, 2.45) is 11.8 Å². The van der Waals surface area contributed by atoms with Gasteiger partial charge in [0.05, 0.1) is 22.9 Å². The van der Waals surface area contributed by atoms with Crippen LogP contribution in [0.3, 0.4) is 0 Å². The number of carbonyl (C=O) groups excluding carboxylic acids is 1. The summed E-state index contributed by atoms with van der Waals surface area (Å²) in [6, 6.07) is 6.62. The van der Waals surface area contributed by atoms with Crippen molar-refractivity contribution in [3.05, 3.63) is 41.8 Å². The van der Waals surface area contributed by atoms with E-state index in [-0.39, 0.29) is 29.6 Å². The number of hydrogen-bond acceptors (Lipinski definition) is 3. The Labute approximate surface area is 175 Å². The van der Waals surface area contributed by atoms with Crippen LogP contribution in [0.1, 0.15) is 57.4 Å². The maximum absolute atomic E-state index is 13.8. The van der Waals surface area contributed by atoms with Crippen LogP contribution in [0.4, 0.5) is 4.39 Å². The maximum Gasteiger partial charge on any atom is 0.223 e. The molecule has 29 heavy (non-hydrogen) atoms. The summed E-state index contributed by atoms with van der Waals surface area (Å²) in [5.74, 6) is 0.733. The highest BCUT2D eigenvalue weighted by Crippen LogP contribution is 2.55. The van der Waals surface area contributed by atoms with Crippen molar-refractivity contribution < 1.29 is 14.3 Å². The number of nitrogens with zero attached hydrogens (tertiary/aromatic N) is 1. The number of aromatic nitrogens is 1. The van der Waals surface area contributed by atoms with Gasteiger partial charge in [-0.25, -0.2) is 4.39 Å². The molecule has 1 heterocycles. The van der Waals surface area contributed by atoms with Gasteiger partial charge in [0.2, 0.25) is 5.91 Å². The molecule has 0 bridgehead atoms. The number of carbonyl (C=O) groups is 1. The molecular formula is C23H28ClFN2O2. The van der Waals surface area contributed by atoms with E-state index in [0.29, 0.717) is 30.6 Å². The molecule has 1 aromatic heterocycles. The molecule has 2 aromatic rings. The fourth-order valence-electron chi connectivity index (χ4n) is 5.38. The summed E-state index contributed by atoms with van der Waals surface area (Å²) in [6.45, 7) is 3.71. The van der Waals surface area contributed by atoms with E-state index in [4.69, 9.17) is 11.6 Å². The quantitative estimate of drug-likeness (QED) is 0.701. The van der Waals surface area contributed by atoms with E-state index in [0.717, 1.165) is 29.3 Å². The summed E-state index contributed by atoms with van der Waals surface area (Å²) < 4.78 is 13.8. The molecule has 2 N–H and O–H groups in total. The van der Waals surface area contributed by atoms with Crippen molar-refractivity contribution in [2.75, 3.05) is 0 Å². The summed E-state index contributed by atoms with van der Waals surface area (Å²) >= 11 is 6.02. The van der Waals surface area contributed by atoms with Crippen LogP contribution in [0.25, 0.3) is 10.9 Å². The highest BCUT2D eigenvalue weighted by atomic mass is 35.5. The molecule has 1 aromatic carbocycles. The van der Waals surface area contributed by atoms with Gasteiger partial charge in [0.25, 0.3) is 0 Å². The largest absolute Gasteiger partial charge is 0.389 e. The third kappa shape index (κ3) is 4.26. The first-order chi connectivity index (χ1) is 13.7. The van der Waals surface area contributed by atoms with Gasteiger partial charge in [0, 0.05) is 17.6 Å². The van der Waals surface area contributed by atoms with Gasteiger partial charge in [-0.2, -0.15) is 0 Å². The van der Waals surface area contributed by atoms with Crippen molar-refractivity contribution in [3.63, 3.8) is 0 Å². The van der Waals surface area contributed by atoms with Crippen LogP contribution in [-0.2, 0) is 4.79 Å². The van der Waals surface area contributed by atoms with Gasteiger partial charge in [0.15, 0.2) is 0 Å². The second-order valence-corrected chi connectivity index (χ2v) is 9.78. The molecule has 0 spiro atoms. The molecule has 2 fully saturated rings. The summed E-state index contributed by atoms with van der Waals surface area (Å²) in [6.07, 6.45) is 5.12. The van der Waals surface area contributed by atoms with Crippen LogP contribution in [-0.4, -0.2) is 33.0 Å². The Morgan fingerprint density at radius 2 is 2.00 bits per heavy atom. The van der Waals surface area contributed by atoms with Gasteiger partial charge < -0.3 is 10.4 Å². The first kappa shape index (κ1) is 20.5. The summed E-state index contributed by atoms with van der Waals surface area (Å²) in [5.41, 5.74) is 1.03. The van der Waals surface area contributed by atoms with Crippen LogP contribution in [0, 0.1) is 17.7 Å². The molecule has 0 aliphatic heterocycles. The first-order valence-electron chi connectivity index (χ1n) is 10.4. The molecule has 6 atom stereocenters. The number of fused-ring (bicyclic) bond motifs is 2. The molecule has 2 saturated carbocycles. The SMILES string of the molecule is CC(NC(=O)CC1(O)CC2CC(c3ccnc4ccc(F)cc34)C[C@@H]2C1)[C@H](C)Cl. The van der Waals surface area contributed by atoms with E-state index in [1.54, 1.807) is 18.3 Å². The molecule has 4 unspecified atom stereocenters.